The molecule has 98 valence electrons. The van der Waals surface area contributed by atoms with Gasteiger partial charge >= 0.3 is 0 Å². The van der Waals surface area contributed by atoms with Gasteiger partial charge in [-0.05, 0) is 43.8 Å². The van der Waals surface area contributed by atoms with Crippen molar-refractivity contribution in [1.82, 2.24) is 4.90 Å². The lowest BCUT2D eigenvalue weighted by Crippen LogP contribution is -2.33. The van der Waals surface area contributed by atoms with Crippen LogP contribution in [0.5, 0.6) is 0 Å². The fraction of sp³-hybridized carbons (Fsp3) is 0.533. The second kappa shape index (κ2) is 6.55. The molecular weight excluding hydrogens is 224 g/mol. The number of benzene rings is 1. The van der Waals surface area contributed by atoms with Crippen LogP contribution in [-0.4, -0.2) is 23.9 Å². The van der Waals surface area contributed by atoms with E-state index in [0.717, 1.165) is 26.1 Å². The van der Waals surface area contributed by atoms with Crippen LogP contribution in [-0.2, 0) is 11.3 Å². The number of nitrogens with two attached hydrogens (primary N) is 1. The number of carbonyl (C=O) groups excluding carboxylic acids is 1. The minimum atomic E-state index is -0.165. The first-order chi connectivity index (χ1) is 8.74. The zero-order chi connectivity index (χ0) is 12.8. The minimum Gasteiger partial charge on any atom is -0.370 e. The molecule has 0 radical (unpaired) electrons. The molecule has 3 nitrogen and oxygen atoms in total. The number of hydrogen-bond donors (Lipinski definition) is 1. The van der Waals surface area contributed by atoms with Crippen molar-refractivity contribution in [3.63, 3.8) is 0 Å². The topological polar surface area (TPSA) is 46.3 Å². The van der Waals surface area contributed by atoms with Crippen LogP contribution >= 0.6 is 0 Å². The van der Waals surface area contributed by atoms with E-state index in [2.05, 4.69) is 35.2 Å². The SMILES string of the molecule is NC(=O)CCC1CCN(Cc2ccccc2)CC1. The highest BCUT2D eigenvalue weighted by Gasteiger charge is 2.19. The third-order valence-electron chi connectivity index (χ3n) is 3.76. The van der Waals surface area contributed by atoms with E-state index in [1.165, 1.54) is 18.4 Å². The normalized spacial score (nSPS) is 17.8. The quantitative estimate of drug-likeness (QED) is 0.865. The Kier molecular flexibility index (Phi) is 4.76. The Hall–Kier alpha value is -1.35. The van der Waals surface area contributed by atoms with E-state index < -0.39 is 0 Å². The predicted octanol–water partition coefficient (Wildman–Crippen LogP) is 2.16. The second-order valence-electron chi connectivity index (χ2n) is 5.21. The summed E-state index contributed by atoms with van der Waals surface area (Å²) in [6, 6.07) is 10.6. The van der Waals surface area contributed by atoms with Gasteiger partial charge in [-0.3, -0.25) is 9.69 Å². The fourth-order valence-electron chi connectivity index (χ4n) is 2.62. The van der Waals surface area contributed by atoms with E-state index in [9.17, 15) is 4.79 Å². The standard InChI is InChI=1S/C15H22N2O/c16-15(18)7-6-13-8-10-17(11-9-13)12-14-4-2-1-3-5-14/h1-5,13H,6-12H2,(H2,16,18). The maximum absolute atomic E-state index is 10.8. The van der Waals surface area contributed by atoms with Crippen LogP contribution in [0.4, 0.5) is 0 Å². The molecule has 0 aliphatic carbocycles. The van der Waals surface area contributed by atoms with Crippen LogP contribution in [0.3, 0.4) is 0 Å². The molecule has 0 unspecified atom stereocenters. The fourth-order valence-corrected chi connectivity index (χ4v) is 2.62. The van der Waals surface area contributed by atoms with E-state index >= 15 is 0 Å². The lowest BCUT2D eigenvalue weighted by Gasteiger charge is -2.31. The minimum absolute atomic E-state index is 0.165. The maximum Gasteiger partial charge on any atom is 0.217 e. The molecule has 2 rings (SSSR count). The summed E-state index contributed by atoms with van der Waals surface area (Å²) in [6.45, 7) is 3.32. The average molecular weight is 246 g/mol. The van der Waals surface area contributed by atoms with Crippen molar-refractivity contribution < 1.29 is 4.79 Å². The first-order valence-electron chi connectivity index (χ1n) is 6.78. The Morgan fingerprint density at radius 1 is 1.22 bits per heavy atom. The first-order valence-corrected chi connectivity index (χ1v) is 6.78. The molecule has 0 aromatic heterocycles. The monoisotopic (exact) mass is 246 g/mol. The molecule has 1 aromatic carbocycles. The lowest BCUT2D eigenvalue weighted by atomic mass is 9.92. The van der Waals surface area contributed by atoms with Crippen LogP contribution in [0.15, 0.2) is 30.3 Å². The summed E-state index contributed by atoms with van der Waals surface area (Å²) in [6.07, 6.45) is 3.90. The molecular formula is C15H22N2O. The Bertz CT molecular complexity index is 369. The third kappa shape index (κ3) is 4.15. The highest BCUT2D eigenvalue weighted by atomic mass is 16.1. The van der Waals surface area contributed by atoms with Gasteiger partial charge in [0.1, 0.15) is 0 Å². The number of carbonyl (C=O) groups is 1. The summed E-state index contributed by atoms with van der Waals surface area (Å²) in [7, 11) is 0. The van der Waals surface area contributed by atoms with Crippen LogP contribution in [0, 0.1) is 5.92 Å². The molecule has 2 N–H and O–H groups in total. The molecule has 1 amide bonds. The van der Waals surface area contributed by atoms with Crippen molar-refractivity contribution in [1.29, 1.82) is 0 Å². The number of primary amides is 1. The van der Waals surface area contributed by atoms with Crippen molar-refractivity contribution in [2.75, 3.05) is 13.1 Å². The second-order valence-corrected chi connectivity index (χ2v) is 5.21. The summed E-state index contributed by atoms with van der Waals surface area (Å²) in [4.78, 5) is 13.3. The number of rotatable bonds is 5. The van der Waals surface area contributed by atoms with Crippen molar-refractivity contribution >= 4 is 5.91 Å². The molecule has 1 fully saturated rings. The summed E-state index contributed by atoms with van der Waals surface area (Å²) >= 11 is 0. The van der Waals surface area contributed by atoms with Crippen molar-refractivity contribution in [3.8, 4) is 0 Å². The smallest absolute Gasteiger partial charge is 0.217 e. The molecule has 1 aliphatic rings. The molecule has 0 bridgehead atoms. The van der Waals surface area contributed by atoms with Gasteiger partial charge in [0.2, 0.25) is 5.91 Å². The molecule has 1 saturated heterocycles. The van der Waals surface area contributed by atoms with Crippen LogP contribution in [0.1, 0.15) is 31.2 Å². The Balaban J connectivity index is 1.72. The zero-order valence-electron chi connectivity index (χ0n) is 10.8. The average Bonchev–Trinajstić information content (AvgIpc) is 2.39. The van der Waals surface area contributed by atoms with Gasteiger partial charge in [-0.15, -0.1) is 0 Å². The van der Waals surface area contributed by atoms with Gasteiger partial charge in [-0.25, -0.2) is 0 Å². The summed E-state index contributed by atoms with van der Waals surface area (Å²) in [5, 5.41) is 0. The number of hydrogen-bond acceptors (Lipinski definition) is 2. The lowest BCUT2D eigenvalue weighted by molar-refractivity contribution is -0.118. The van der Waals surface area contributed by atoms with Crippen molar-refractivity contribution in [2.45, 2.75) is 32.2 Å². The van der Waals surface area contributed by atoms with Crippen LogP contribution in [0.2, 0.25) is 0 Å². The van der Waals surface area contributed by atoms with Gasteiger partial charge in [-0.2, -0.15) is 0 Å². The van der Waals surface area contributed by atoms with Gasteiger partial charge in [0.15, 0.2) is 0 Å². The Morgan fingerprint density at radius 3 is 2.50 bits per heavy atom. The van der Waals surface area contributed by atoms with Crippen molar-refractivity contribution in [3.05, 3.63) is 35.9 Å². The third-order valence-corrected chi connectivity index (χ3v) is 3.76. The molecule has 18 heavy (non-hydrogen) atoms. The molecule has 1 heterocycles. The first kappa shape index (κ1) is 13.1. The molecule has 0 spiro atoms. The molecule has 3 heteroatoms. The van der Waals surface area contributed by atoms with E-state index in [4.69, 9.17) is 5.73 Å². The molecule has 0 atom stereocenters. The molecule has 1 aliphatic heterocycles. The van der Waals surface area contributed by atoms with Gasteiger partial charge in [0, 0.05) is 13.0 Å². The summed E-state index contributed by atoms with van der Waals surface area (Å²) < 4.78 is 0. The summed E-state index contributed by atoms with van der Waals surface area (Å²) in [5.74, 6) is 0.520. The van der Waals surface area contributed by atoms with E-state index in [-0.39, 0.29) is 5.91 Å². The van der Waals surface area contributed by atoms with Crippen LogP contribution < -0.4 is 5.73 Å². The zero-order valence-corrected chi connectivity index (χ0v) is 10.8. The molecule has 1 aromatic rings. The number of likely N-dealkylation sites (tertiary alicyclic amines) is 1. The predicted molar refractivity (Wildman–Crippen MR) is 72.9 cm³/mol. The van der Waals surface area contributed by atoms with Crippen molar-refractivity contribution in [2.24, 2.45) is 11.7 Å². The summed E-state index contributed by atoms with van der Waals surface area (Å²) in [5.41, 5.74) is 6.57. The number of piperidine rings is 1. The number of nitrogens with zero attached hydrogens (tertiary/aromatic N) is 1. The Labute approximate surface area is 109 Å². The van der Waals surface area contributed by atoms with Gasteiger partial charge in [0.05, 0.1) is 0 Å². The van der Waals surface area contributed by atoms with Gasteiger partial charge < -0.3 is 5.73 Å². The molecule has 0 saturated carbocycles. The highest BCUT2D eigenvalue weighted by molar-refractivity contribution is 5.73. The van der Waals surface area contributed by atoms with E-state index in [1.807, 2.05) is 0 Å². The van der Waals surface area contributed by atoms with Crippen LogP contribution in [0.25, 0.3) is 0 Å². The Morgan fingerprint density at radius 2 is 1.89 bits per heavy atom. The number of amides is 1. The van der Waals surface area contributed by atoms with Gasteiger partial charge in [-0.1, -0.05) is 30.3 Å². The highest BCUT2D eigenvalue weighted by Crippen LogP contribution is 2.22. The van der Waals surface area contributed by atoms with E-state index in [1.54, 1.807) is 0 Å². The maximum atomic E-state index is 10.8. The van der Waals surface area contributed by atoms with E-state index in [0.29, 0.717) is 12.3 Å². The largest absolute Gasteiger partial charge is 0.370 e. The van der Waals surface area contributed by atoms with Gasteiger partial charge in [0.25, 0.3) is 0 Å².